The highest BCUT2D eigenvalue weighted by molar-refractivity contribution is 7.80. The summed E-state index contributed by atoms with van der Waals surface area (Å²) in [4.78, 5) is 16.8. The van der Waals surface area contributed by atoms with Crippen molar-refractivity contribution >= 4 is 34.5 Å². The fraction of sp³-hybridized carbons (Fsp3) is 0.538. The summed E-state index contributed by atoms with van der Waals surface area (Å²) in [5.74, 6) is 0.0870. The number of nitrogens with zero attached hydrogens (tertiary/aromatic N) is 1. The van der Waals surface area contributed by atoms with Gasteiger partial charge in [-0.15, -0.1) is 11.3 Å². The third kappa shape index (κ3) is 2.52. The number of morpholine rings is 1. The van der Waals surface area contributed by atoms with E-state index < -0.39 is 0 Å². The molecule has 0 radical (unpaired) electrons. The van der Waals surface area contributed by atoms with E-state index in [-0.39, 0.29) is 12.0 Å². The van der Waals surface area contributed by atoms with Gasteiger partial charge in [-0.3, -0.25) is 4.79 Å². The van der Waals surface area contributed by atoms with Gasteiger partial charge in [-0.2, -0.15) is 0 Å². The monoisotopic (exact) mass is 296 g/mol. The maximum atomic E-state index is 12.5. The lowest BCUT2D eigenvalue weighted by atomic mass is 10.2. The third-order valence-corrected chi connectivity index (χ3v) is 5.12. The van der Waals surface area contributed by atoms with Crippen LogP contribution in [0.2, 0.25) is 0 Å². The molecule has 102 valence electrons. The van der Waals surface area contributed by atoms with Crippen molar-refractivity contribution in [3.63, 3.8) is 0 Å². The first-order chi connectivity index (χ1) is 9.15. The maximum Gasteiger partial charge on any atom is 0.264 e. The number of ether oxygens (including phenoxy) is 1. The summed E-state index contributed by atoms with van der Waals surface area (Å²) in [6.07, 6.45) is 3.14. The van der Waals surface area contributed by atoms with Crippen molar-refractivity contribution in [2.45, 2.75) is 25.4 Å². The second kappa shape index (κ2) is 5.19. The Morgan fingerprint density at radius 2 is 2.37 bits per heavy atom. The summed E-state index contributed by atoms with van der Waals surface area (Å²) < 4.78 is 5.46. The molecule has 1 aliphatic carbocycles. The third-order valence-electron chi connectivity index (χ3n) is 3.63. The number of nitrogens with two attached hydrogens (primary N) is 1. The number of hydrogen-bond donors (Lipinski definition) is 1. The van der Waals surface area contributed by atoms with Crippen LogP contribution in [0.5, 0.6) is 0 Å². The molecule has 0 aromatic carbocycles. The number of carbonyl (C=O) groups is 1. The van der Waals surface area contributed by atoms with Gasteiger partial charge in [-0.05, 0) is 30.9 Å². The molecule has 0 saturated carbocycles. The van der Waals surface area contributed by atoms with E-state index in [2.05, 4.69) is 6.07 Å². The Bertz CT molecular complexity index is 505. The quantitative estimate of drug-likeness (QED) is 0.837. The lowest BCUT2D eigenvalue weighted by molar-refractivity contribution is 0.00903. The zero-order valence-corrected chi connectivity index (χ0v) is 12.2. The van der Waals surface area contributed by atoms with Crippen LogP contribution in [-0.2, 0) is 17.6 Å². The summed E-state index contributed by atoms with van der Waals surface area (Å²) >= 11 is 6.58. The van der Waals surface area contributed by atoms with Crippen molar-refractivity contribution in [2.24, 2.45) is 5.73 Å². The Labute approximate surface area is 121 Å². The fourth-order valence-corrected chi connectivity index (χ4v) is 3.96. The predicted octanol–water partition coefficient (Wildman–Crippen LogP) is 1.36. The first-order valence-electron chi connectivity index (χ1n) is 6.47. The Hall–Kier alpha value is -0.980. The van der Waals surface area contributed by atoms with Crippen LogP contribution in [-0.4, -0.2) is 41.6 Å². The topological polar surface area (TPSA) is 55.6 Å². The van der Waals surface area contributed by atoms with Crippen LogP contribution in [0.25, 0.3) is 0 Å². The van der Waals surface area contributed by atoms with Gasteiger partial charge in [-0.1, -0.05) is 12.2 Å². The molecule has 1 fully saturated rings. The molecule has 4 nitrogen and oxygen atoms in total. The van der Waals surface area contributed by atoms with Crippen molar-refractivity contribution in [1.29, 1.82) is 0 Å². The number of thiocarbonyl (C=S) groups is 1. The highest BCUT2D eigenvalue weighted by Crippen LogP contribution is 2.31. The number of rotatable bonds is 2. The molecule has 1 amide bonds. The molecule has 0 spiro atoms. The van der Waals surface area contributed by atoms with Gasteiger partial charge < -0.3 is 15.4 Å². The average molecular weight is 296 g/mol. The summed E-state index contributed by atoms with van der Waals surface area (Å²) in [5.41, 5.74) is 6.95. The predicted molar refractivity (Wildman–Crippen MR) is 78.8 cm³/mol. The molecule has 1 aromatic heterocycles. The first-order valence-corrected chi connectivity index (χ1v) is 7.69. The molecule has 1 unspecified atom stereocenters. The van der Waals surface area contributed by atoms with Gasteiger partial charge in [0.25, 0.3) is 5.91 Å². The van der Waals surface area contributed by atoms with Crippen LogP contribution in [0, 0.1) is 0 Å². The van der Waals surface area contributed by atoms with Crippen molar-refractivity contribution in [2.75, 3.05) is 19.7 Å². The van der Waals surface area contributed by atoms with E-state index in [4.69, 9.17) is 22.7 Å². The second-order valence-electron chi connectivity index (χ2n) is 4.93. The highest BCUT2D eigenvalue weighted by Gasteiger charge is 2.28. The van der Waals surface area contributed by atoms with E-state index in [1.54, 1.807) is 16.2 Å². The van der Waals surface area contributed by atoms with Gasteiger partial charge in [0.2, 0.25) is 0 Å². The summed E-state index contributed by atoms with van der Waals surface area (Å²) in [7, 11) is 0. The van der Waals surface area contributed by atoms with Crippen molar-refractivity contribution in [3.05, 3.63) is 21.4 Å². The Balaban J connectivity index is 1.74. The second-order valence-corrected chi connectivity index (χ2v) is 6.53. The van der Waals surface area contributed by atoms with Crippen molar-refractivity contribution in [1.82, 2.24) is 4.90 Å². The van der Waals surface area contributed by atoms with E-state index in [9.17, 15) is 4.79 Å². The number of amides is 1. The molecule has 3 rings (SSSR count). The molecule has 19 heavy (non-hydrogen) atoms. The Kier molecular flexibility index (Phi) is 3.56. The maximum absolute atomic E-state index is 12.5. The number of thiophene rings is 1. The molecule has 1 atom stereocenters. The van der Waals surface area contributed by atoms with Crippen LogP contribution in [0.4, 0.5) is 0 Å². The highest BCUT2D eigenvalue weighted by atomic mass is 32.1. The number of fused-ring (bicyclic) bond motifs is 1. The van der Waals surface area contributed by atoms with Crippen LogP contribution < -0.4 is 5.73 Å². The molecular formula is C13H16N2O2S2. The van der Waals surface area contributed by atoms with Gasteiger partial charge in [-0.25, -0.2) is 0 Å². The average Bonchev–Trinajstić information content (AvgIpc) is 2.98. The van der Waals surface area contributed by atoms with Gasteiger partial charge >= 0.3 is 0 Å². The smallest absolute Gasteiger partial charge is 0.264 e. The van der Waals surface area contributed by atoms with Gasteiger partial charge in [0, 0.05) is 11.4 Å². The number of aryl methyl sites for hydroxylation is 2. The molecule has 6 heteroatoms. The van der Waals surface area contributed by atoms with Crippen molar-refractivity contribution in [3.8, 4) is 0 Å². The minimum Gasteiger partial charge on any atom is -0.391 e. The van der Waals surface area contributed by atoms with E-state index >= 15 is 0 Å². The zero-order chi connectivity index (χ0) is 13.4. The Morgan fingerprint density at radius 3 is 3.11 bits per heavy atom. The van der Waals surface area contributed by atoms with E-state index in [1.807, 2.05) is 0 Å². The normalized spacial score (nSPS) is 22.3. The van der Waals surface area contributed by atoms with Gasteiger partial charge in [0.05, 0.1) is 18.0 Å². The Morgan fingerprint density at radius 1 is 1.53 bits per heavy atom. The van der Waals surface area contributed by atoms with E-state index in [0.717, 1.165) is 17.7 Å². The molecular weight excluding hydrogens is 280 g/mol. The molecule has 1 aromatic rings. The first kappa shape index (κ1) is 13.0. The van der Waals surface area contributed by atoms with Crippen LogP contribution in [0.3, 0.4) is 0 Å². The summed E-state index contributed by atoms with van der Waals surface area (Å²) in [5, 5.41) is 0. The molecule has 2 heterocycles. The lowest BCUT2D eigenvalue weighted by Gasteiger charge is -2.32. The lowest BCUT2D eigenvalue weighted by Crippen LogP contribution is -2.49. The molecule has 0 bridgehead atoms. The van der Waals surface area contributed by atoms with Crippen molar-refractivity contribution < 1.29 is 9.53 Å². The van der Waals surface area contributed by atoms with Crippen LogP contribution >= 0.6 is 23.6 Å². The largest absolute Gasteiger partial charge is 0.391 e. The minimum absolute atomic E-state index is 0.0870. The molecule has 1 saturated heterocycles. The van der Waals surface area contributed by atoms with Gasteiger partial charge in [0.15, 0.2) is 0 Å². The summed E-state index contributed by atoms with van der Waals surface area (Å²) in [6.45, 7) is 1.58. The fourth-order valence-electron chi connectivity index (χ4n) is 2.60. The number of carbonyl (C=O) groups excluding carboxylic acids is 1. The van der Waals surface area contributed by atoms with Gasteiger partial charge in [0.1, 0.15) is 11.1 Å². The molecule has 2 N–H and O–H groups in total. The van der Waals surface area contributed by atoms with E-state index in [0.29, 0.717) is 24.7 Å². The molecule has 2 aliphatic rings. The van der Waals surface area contributed by atoms with E-state index in [1.165, 1.54) is 16.9 Å². The standard InChI is InChI=1S/C13H16N2O2S2/c14-12(18)9-7-15(4-5-17-9)13(16)11-6-8-2-1-3-10(8)19-11/h6,9H,1-5,7H2,(H2,14,18). The van der Waals surface area contributed by atoms with Crippen LogP contribution in [0.1, 0.15) is 26.5 Å². The van der Waals surface area contributed by atoms with Crippen LogP contribution in [0.15, 0.2) is 6.07 Å². The molecule has 1 aliphatic heterocycles. The summed E-state index contributed by atoms with van der Waals surface area (Å²) in [6, 6.07) is 2.06. The SMILES string of the molecule is NC(=S)C1CN(C(=O)c2cc3c(s2)CCC3)CCO1. The number of hydrogen-bond acceptors (Lipinski definition) is 4. The minimum atomic E-state index is -0.306. The zero-order valence-electron chi connectivity index (χ0n) is 10.6.